The van der Waals surface area contributed by atoms with Gasteiger partial charge < -0.3 is 10.1 Å². The fourth-order valence-electron chi connectivity index (χ4n) is 1.66. The van der Waals surface area contributed by atoms with E-state index in [1.807, 2.05) is 0 Å². The zero-order valence-electron chi connectivity index (χ0n) is 10.5. The summed E-state index contributed by atoms with van der Waals surface area (Å²) in [5.41, 5.74) is 0.891. The third kappa shape index (κ3) is 4.53. The number of alkyl halides is 3. The first-order valence-corrected chi connectivity index (χ1v) is 6.25. The van der Waals surface area contributed by atoms with Crippen molar-refractivity contribution in [3.05, 3.63) is 58.9 Å². The molecule has 7 heteroatoms. The Morgan fingerprint density at radius 3 is 2.33 bits per heavy atom. The van der Waals surface area contributed by atoms with Gasteiger partial charge in [-0.15, -0.1) is 13.2 Å². The number of nitrogens with one attached hydrogen (secondary N) is 1. The molecule has 0 saturated carbocycles. The van der Waals surface area contributed by atoms with Crippen LogP contribution in [0.5, 0.6) is 5.75 Å². The van der Waals surface area contributed by atoms with Gasteiger partial charge in [0, 0.05) is 17.8 Å². The standard InChI is InChI=1S/C14H10ClF4NO/c15-12-3-1-2-9(13(12)16)8-20-10-4-6-11(7-5-10)21-14(17,18)19/h1-7,20H,8H2. The predicted molar refractivity (Wildman–Crippen MR) is 71.9 cm³/mol. The summed E-state index contributed by atoms with van der Waals surface area (Å²) in [5, 5.41) is 2.90. The number of anilines is 1. The quantitative estimate of drug-likeness (QED) is 0.802. The lowest BCUT2D eigenvalue weighted by molar-refractivity contribution is -0.274. The van der Waals surface area contributed by atoms with E-state index in [1.54, 1.807) is 12.1 Å². The first kappa shape index (κ1) is 15.4. The molecule has 0 atom stereocenters. The molecule has 0 aliphatic heterocycles. The fourth-order valence-corrected chi connectivity index (χ4v) is 1.85. The molecule has 0 fully saturated rings. The molecule has 0 aromatic heterocycles. The summed E-state index contributed by atoms with van der Waals surface area (Å²) in [6.45, 7) is 0.159. The Kier molecular flexibility index (Phi) is 4.57. The number of hydrogen-bond acceptors (Lipinski definition) is 2. The maximum Gasteiger partial charge on any atom is 0.573 e. The highest BCUT2D eigenvalue weighted by Crippen LogP contribution is 2.24. The number of benzene rings is 2. The van der Waals surface area contributed by atoms with Gasteiger partial charge in [-0.25, -0.2) is 4.39 Å². The van der Waals surface area contributed by atoms with Gasteiger partial charge in [-0.2, -0.15) is 0 Å². The Bertz CT molecular complexity index is 613. The van der Waals surface area contributed by atoms with Gasteiger partial charge >= 0.3 is 6.36 Å². The van der Waals surface area contributed by atoms with Gasteiger partial charge in [-0.3, -0.25) is 0 Å². The number of ether oxygens (including phenoxy) is 1. The Labute approximate surface area is 123 Å². The lowest BCUT2D eigenvalue weighted by atomic mass is 10.2. The molecule has 0 amide bonds. The predicted octanol–water partition coefficient (Wildman–Crippen LogP) is 4.99. The normalized spacial score (nSPS) is 11.3. The van der Waals surface area contributed by atoms with Crippen molar-refractivity contribution in [3.63, 3.8) is 0 Å². The van der Waals surface area contributed by atoms with Crippen molar-refractivity contribution < 1.29 is 22.3 Å². The van der Waals surface area contributed by atoms with E-state index in [4.69, 9.17) is 11.6 Å². The summed E-state index contributed by atoms with van der Waals surface area (Å²) in [7, 11) is 0. The van der Waals surface area contributed by atoms with E-state index in [0.717, 1.165) is 0 Å². The van der Waals surface area contributed by atoms with Crippen LogP contribution in [0, 0.1) is 5.82 Å². The minimum atomic E-state index is -4.72. The minimum absolute atomic E-state index is 0.0169. The summed E-state index contributed by atoms with van der Waals surface area (Å²) in [4.78, 5) is 0. The van der Waals surface area contributed by atoms with E-state index < -0.39 is 12.2 Å². The molecular formula is C14H10ClF4NO. The van der Waals surface area contributed by atoms with Crippen molar-refractivity contribution in [2.24, 2.45) is 0 Å². The summed E-state index contributed by atoms with van der Waals surface area (Å²) >= 11 is 5.65. The monoisotopic (exact) mass is 319 g/mol. The number of halogens is 5. The molecule has 0 bridgehead atoms. The molecule has 0 spiro atoms. The highest BCUT2D eigenvalue weighted by molar-refractivity contribution is 6.30. The summed E-state index contributed by atoms with van der Waals surface area (Å²) in [5.74, 6) is -0.842. The first-order chi connectivity index (χ1) is 9.85. The molecule has 0 radical (unpaired) electrons. The van der Waals surface area contributed by atoms with Gasteiger partial charge in [-0.1, -0.05) is 23.7 Å². The van der Waals surface area contributed by atoms with Gasteiger partial charge in [0.1, 0.15) is 11.6 Å². The Morgan fingerprint density at radius 2 is 1.71 bits per heavy atom. The van der Waals surface area contributed by atoms with Crippen molar-refractivity contribution in [3.8, 4) is 5.75 Å². The van der Waals surface area contributed by atoms with E-state index in [1.165, 1.54) is 30.3 Å². The van der Waals surface area contributed by atoms with Crippen molar-refractivity contribution in [2.45, 2.75) is 12.9 Å². The van der Waals surface area contributed by atoms with Gasteiger partial charge in [0.15, 0.2) is 0 Å². The molecular weight excluding hydrogens is 310 g/mol. The van der Waals surface area contributed by atoms with E-state index in [-0.39, 0.29) is 17.3 Å². The highest BCUT2D eigenvalue weighted by atomic mass is 35.5. The summed E-state index contributed by atoms with van der Waals surface area (Å²) < 4.78 is 53.4. The maximum atomic E-state index is 13.6. The van der Waals surface area contributed by atoms with Crippen LogP contribution in [0.3, 0.4) is 0 Å². The molecule has 2 nitrogen and oxygen atoms in total. The SMILES string of the molecule is Fc1c(Cl)cccc1CNc1ccc(OC(F)(F)F)cc1. The minimum Gasteiger partial charge on any atom is -0.406 e. The van der Waals surface area contributed by atoms with E-state index in [0.29, 0.717) is 11.3 Å². The molecule has 0 aliphatic carbocycles. The van der Waals surface area contributed by atoms with Gasteiger partial charge in [0.2, 0.25) is 0 Å². The summed E-state index contributed by atoms with van der Waals surface area (Å²) in [6.07, 6.45) is -4.72. The van der Waals surface area contributed by atoms with Crippen LogP contribution in [0.4, 0.5) is 23.2 Å². The van der Waals surface area contributed by atoms with E-state index in [2.05, 4.69) is 10.1 Å². The van der Waals surface area contributed by atoms with Crippen LogP contribution in [0.1, 0.15) is 5.56 Å². The molecule has 0 saturated heterocycles. The highest BCUT2D eigenvalue weighted by Gasteiger charge is 2.30. The molecule has 0 heterocycles. The lowest BCUT2D eigenvalue weighted by Crippen LogP contribution is -2.17. The second-order valence-electron chi connectivity index (χ2n) is 4.14. The lowest BCUT2D eigenvalue weighted by Gasteiger charge is -2.11. The van der Waals surface area contributed by atoms with E-state index in [9.17, 15) is 17.6 Å². The zero-order valence-corrected chi connectivity index (χ0v) is 11.3. The number of rotatable bonds is 4. The third-order valence-electron chi connectivity index (χ3n) is 2.60. The summed E-state index contributed by atoms with van der Waals surface area (Å²) in [6, 6.07) is 9.77. The molecule has 2 aromatic carbocycles. The average Bonchev–Trinajstić information content (AvgIpc) is 2.40. The molecule has 0 aliphatic rings. The molecule has 112 valence electrons. The third-order valence-corrected chi connectivity index (χ3v) is 2.89. The molecule has 0 unspecified atom stereocenters. The Hall–Kier alpha value is -1.95. The van der Waals surface area contributed by atoms with Crippen molar-refractivity contribution >= 4 is 17.3 Å². The van der Waals surface area contributed by atoms with Crippen LogP contribution in [-0.4, -0.2) is 6.36 Å². The molecule has 2 rings (SSSR count). The first-order valence-electron chi connectivity index (χ1n) is 5.88. The van der Waals surface area contributed by atoms with Crippen molar-refractivity contribution in [1.82, 2.24) is 0 Å². The second kappa shape index (κ2) is 6.22. The van der Waals surface area contributed by atoms with Crippen LogP contribution in [0.2, 0.25) is 5.02 Å². The Balaban J connectivity index is 1.99. The molecule has 2 aromatic rings. The largest absolute Gasteiger partial charge is 0.573 e. The second-order valence-corrected chi connectivity index (χ2v) is 4.55. The topological polar surface area (TPSA) is 21.3 Å². The Morgan fingerprint density at radius 1 is 1.05 bits per heavy atom. The van der Waals surface area contributed by atoms with Crippen molar-refractivity contribution in [1.29, 1.82) is 0 Å². The fraction of sp³-hybridized carbons (Fsp3) is 0.143. The van der Waals surface area contributed by atoms with Crippen LogP contribution >= 0.6 is 11.6 Å². The van der Waals surface area contributed by atoms with Crippen molar-refractivity contribution in [2.75, 3.05) is 5.32 Å². The van der Waals surface area contributed by atoms with Crippen LogP contribution in [0.25, 0.3) is 0 Å². The van der Waals surface area contributed by atoms with Gasteiger partial charge in [-0.05, 0) is 30.3 Å². The average molecular weight is 320 g/mol. The van der Waals surface area contributed by atoms with Crippen LogP contribution in [0.15, 0.2) is 42.5 Å². The van der Waals surface area contributed by atoms with Gasteiger partial charge in [0.25, 0.3) is 0 Å². The smallest absolute Gasteiger partial charge is 0.406 e. The number of hydrogen-bond donors (Lipinski definition) is 1. The van der Waals surface area contributed by atoms with Crippen LogP contribution < -0.4 is 10.1 Å². The zero-order chi connectivity index (χ0) is 15.5. The van der Waals surface area contributed by atoms with E-state index >= 15 is 0 Å². The molecule has 21 heavy (non-hydrogen) atoms. The molecule has 1 N–H and O–H groups in total. The maximum absolute atomic E-state index is 13.6. The van der Waals surface area contributed by atoms with Crippen LogP contribution in [-0.2, 0) is 6.54 Å². The van der Waals surface area contributed by atoms with Gasteiger partial charge in [0.05, 0.1) is 5.02 Å².